The Bertz CT molecular complexity index is 796. The van der Waals surface area contributed by atoms with E-state index in [2.05, 4.69) is 5.32 Å². The van der Waals surface area contributed by atoms with Gasteiger partial charge in [-0.05, 0) is 31.2 Å². The number of nitrogens with zero attached hydrogens (tertiary/aromatic N) is 2. The highest BCUT2D eigenvalue weighted by Crippen LogP contribution is 2.24. The third-order valence-corrected chi connectivity index (χ3v) is 6.56. The van der Waals surface area contributed by atoms with Crippen LogP contribution >= 0.6 is 11.6 Å². The molecule has 3 atom stereocenters. The molecule has 0 aliphatic carbocycles. The summed E-state index contributed by atoms with van der Waals surface area (Å²) in [6.07, 6.45) is -1.02. The number of amides is 2. The van der Waals surface area contributed by atoms with Gasteiger partial charge < -0.3 is 15.3 Å². The molecule has 3 rings (SSSR count). The second-order valence-corrected chi connectivity index (χ2v) is 8.47. The number of aliphatic hydroxyl groups excluding tert-OH is 1. The van der Waals surface area contributed by atoms with Gasteiger partial charge >= 0.3 is 0 Å². The Morgan fingerprint density at radius 3 is 2.48 bits per heavy atom. The van der Waals surface area contributed by atoms with Gasteiger partial charge in [-0.15, -0.1) is 0 Å². The Morgan fingerprint density at radius 2 is 1.88 bits per heavy atom. The monoisotopic (exact) mass is 387 g/mol. The van der Waals surface area contributed by atoms with Crippen molar-refractivity contribution in [3.63, 3.8) is 0 Å². The minimum absolute atomic E-state index is 0.0764. The Morgan fingerprint density at radius 1 is 1.24 bits per heavy atom. The second kappa shape index (κ2) is 6.56. The molecule has 2 amide bonds. The van der Waals surface area contributed by atoms with Crippen molar-refractivity contribution in [3.05, 3.63) is 29.3 Å². The van der Waals surface area contributed by atoms with E-state index in [1.54, 1.807) is 0 Å². The molecule has 10 heteroatoms. The van der Waals surface area contributed by atoms with Crippen molar-refractivity contribution < 1.29 is 23.1 Å². The van der Waals surface area contributed by atoms with Gasteiger partial charge in [0.1, 0.15) is 12.1 Å². The third kappa shape index (κ3) is 3.24. The van der Waals surface area contributed by atoms with Gasteiger partial charge in [0, 0.05) is 24.7 Å². The lowest BCUT2D eigenvalue weighted by Crippen LogP contribution is -2.71. The van der Waals surface area contributed by atoms with Crippen LogP contribution in [0.25, 0.3) is 0 Å². The van der Waals surface area contributed by atoms with Crippen LogP contribution in [-0.2, 0) is 19.6 Å². The topological polar surface area (TPSA) is 107 Å². The molecule has 0 bridgehead atoms. The third-order valence-electron chi connectivity index (χ3n) is 4.43. The molecule has 136 valence electrons. The van der Waals surface area contributed by atoms with Crippen molar-refractivity contribution in [2.24, 2.45) is 0 Å². The predicted molar refractivity (Wildman–Crippen MR) is 89.3 cm³/mol. The molecular weight excluding hydrogens is 370 g/mol. The standard InChI is InChI=1S/C15H18ClN3O5S/c1-9(20)13-15(22)19-7-6-18(8-12(19)14(21)17-13)25(23,24)11-4-2-10(16)3-5-11/h2-5,9,12-13,20H,6-8H2,1H3,(H,17,21)/t9-,12+,13+/m0/s1. The van der Waals surface area contributed by atoms with Gasteiger partial charge in [0.2, 0.25) is 21.8 Å². The van der Waals surface area contributed by atoms with Crippen LogP contribution < -0.4 is 5.32 Å². The van der Waals surface area contributed by atoms with Crippen LogP contribution in [-0.4, -0.2) is 72.4 Å². The first kappa shape index (κ1) is 18.1. The Labute approximate surface area is 150 Å². The average molecular weight is 388 g/mol. The molecule has 0 aromatic heterocycles. The van der Waals surface area contributed by atoms with Gasteiger partial charge in [0.05, 0.1) is 11.0 Å². The molecule has 2 heterocycles. The number of sulfonamides is 1. The van der Waals surface area contributed by atoms with Crippen molar-refractivity contribution in [2.75, 3.05) is 19.6 Å². The highest BCUT2D eigenvalue weighted by molar-refractivity contribution is 7.89. The lowest BCUT2D eigenvalue weighted by atomic mass is 10.0. The van der Waals surface area contributed by atoms with Crippen LogP contribution in [0.5, 0.6) is 0 Å². The van der Waals surface area contributed by atoms with E-state index in [0.29, 0.717) is 5.02 Å². The maximum Gasteiger partial charge on any atom is 0.248 e. The zero-order valence-electron chi connectivity index (χ0n) is 13.4. The molecule has 2 aliphatic rings. The number of hydrogen-bond acceptors (Lipinski definition) is 5. The molecule has 25 heavy (non-hydrogen) atoms. The van der Waals surface area contributed by atoms with E-state index in [4.69, 9.17) is 11.6 Å². The molecule has 2 saturated heterocycles. The number of halogens is 1. The van der Waals surface area contributed by atoms with Crippen LogP contribution in [0.3, 0.4) is 0 Å². The lowest BCUT2D eigenvalue weighted by molar-refractivity contribution is -0.154. The summed E-state index contributed by atoms with van der Waals surface area (Å²) in [5, 5.41) is 12.5. The first-order valence-electron chi connectivity index (χ1n) is 7.76. The normalized spacial score (nSPS) is 26.1. The summed E-state index contributed by atoms with van der Waals surface area (Å²) in [5.41, 5.74) is 0. The van der Waals surface area contributed by atoms with Crippen LogP contribution in [0.4, 0.5) is 0 Å². The highest BCUT2D eigenvalue weighted by Gasteiger charge is 2.46. The summed E-state index contributed by atoms with van der Waals surface area (Å²) in [6.45, 7) is 1.46. The van der Waals surface area contributed by atoms with Crippen LogP contribution in [0, 0.1) is 0 Å². The maximum absolute atomic E-state index is 12.7. The summed E-state index contributed by atoms with van der Waals surface area (Å²) in [4.78, 5) is 26.1. The minimum Gasteiger partial charge on any atom is -0.391 e. The largest absolute Gasteiger partial charge is 0.391 e. The van der Waals surface area contributed by atoms with Gasteiger partial charge in [-0.2, -0.15) is 4.31 Å². The fourth-order valence-corrected chi connectivity index (χ4v) is 4.60. The van der Waals surface area contributed by atoms with Gasteiger partial charge in [0.25, 0.3) is 0 Å². The van der Waals surface area contributed by atoms with E-state index >= 15 is 0 Å². The number of nitrogens with one attached hydrogen (secondary N) is 1. The highest BCUT2D eigenvalue weighted by atomic mass is 35.5. The van der Waals surface area contributed by atoms with Crippen LogP contribution in [0.2, 0.25) is 5.02 Å². The first-order chi connectivity index (χ1) is 11.7. The van der Waals surface area contributed by atoms with E-state index in [9.17, 15) is 23.1 Å². The van der Waals surface area contributed by atoms with Crippen LogP contribution in [0.1, 0.15) is 6.92 Å². The van der Waals surface area contributed by atoms with E-state index in [1.165, 1.54) is 40.4 Å². The van der Waals surface area contributed by atoms with Gasteiger partial charge in [-0.25, -0.2) is 8.42 Å². The van der Waals surface area contributed by atoms with Crippen molar-refractivity contribution in [3.8, 4) is 0 Å². The molecule has 0 radical (unpaired) electrons. The number of aliphatic hydroxyl groups is 1. The Balaban J connectivity index is 1.82. The molecule has 2 aliphatic heterocycles. The Kier molecular flexibility index (Phi) is 4.76. The molecule has 1 aromatic carbocycles. The molecule has 0 saturated carbocycles. The fourth-order valence-electron chi connectivity index (χ4n) is 3.04. The molecule has 2 fully saturated rings. The van der Waals surface area contributed by atoms with Crippen molar-refractivity contribution in [1.82, 2.24) is 14.5 Å². The average Bonchev–Trinajstić information content (AvgIpc) is 2.57. The quantitative estimate of drug-likeness (QED) is 0.721. The molecular formula is C15H18ClN3O5S. The molecule has 1 aromatic rings. The summed E-state index contributed by atoms with van der Waals surface area (Å²) >= 11 is 5.79. The molecule has 0 unspecified atom stereocenters. The molecule has 8 nitrogen and oxygen atoms in total. The number of fused-ring (bicyclic) bond motifs is 1. The van der Waals surface area contributed by atoms with Gasteiger partial charge in [-0.1, -0.05) is 11.6 Å². The smallest absolute Gasteiger partial charge is 0.248 e. The Hall–Kier alpha value is -1.68. The zero-order chi connectivity index (χ0) is 18.4. The second-order valence-electron chi connectivity index (χ2n) is 6.09. The number of rotatable bonds is 3. The minimum atomic E-state index is -3.79. The van der Waals surface area contributed by atoms with E-state index in [0.717, 1.165) is 0 Å². The fraction of sp³-hybridized carbons (Fsp3) is 0.467. The maximum atomic E-state index is 12.7. The number of hydrogen-bond donors (Lipinski definition) is 2. The molecule has 2 N–H and O–H groups in total. The summed E-state index contributed by atoms with van der Waals surface area (Å²) in [5.74, 6) is -0.871. The zero-order valence-corrected chi connectivity index (χ0v) is 15.0. The summed E-state index contributed by atoms with van der Waals surface area (Å²) in [6, 6.07) is 3.87. The number of piperazine rings is 2. The number of carbonyl (C=O) groups excluding carboxylic acids is 2. The number of carbonyl (C=O) groups is 2. The summed E-state index contributed by atoms with van der Waals surface area (Å²) < 4.78 is 26.7. The van der Waals surface area contributed by atoms with E-state index in [1.807, 2.05) is 0 Å². The van der Waals surface area contributed by atoms with Crippen molar-refractivity contribution >= 4 is 33.4 Å². The first-order valence-corrected chi connectivity index (χ1v) is 9.58. The SMILES string of the molecule is C[C@H](O)[C@H]1NC(=O)[C@H]2CN(S(=O)(=O)c3ccc(Cl)cc3)CCN2C1=O. The van der Waals surface area contributed by atoms with E-state index in [-0.39, 0.29) is 24.5 Å². The van der Waals surface area contributed by atoms with Crippen molar-refractivity contribution in [2.45, 2.75) is 30.0 Å². The lowest BCUT2D eigenvalue weighted by Gasteiger charge is -2.45. The summed E-state index contributed by atoms with van der Waals surface area (Å²) in [7, 11) is -3.79. The predicted octanol–water partition coefficient (Wildman–Crippen LogP) is -0.579. The number of benzene rings is 1. The van der Waals surface area contributed by atoms with Crippen molar-refractivity contribution in [1.29, 1.82) is 0 Å². The van der Waals surface area contributed by atoms with Crippen LogP contribution in [0.15, 0.2) is 29.2 Å². The molecule has 0 spiro atoms. The van der Waals surface area contributed by atoms with Gasteiger partial charge in [-0.3, -0.25) is 9.59 Å². The van der Waals surface area contributed by atoms with Gasteiger partial charge in [0.15, 0.2) is 0 Å². The van der Waals surface area contributed by atoms with E-state index < -0.39 is 40.0 Å².